The molecule has 4 heterocycles. The van der Waals surface area contributed by atoms with Crippen LogP contribution in [0.25, 0.3) is 16.3 Å². The summed E-state index contributed by atoms with van der Waals surface area (Å²) in [4.78, 5) is 6.14. The number of hydrazone groups is 1. The van der Waals surface area contributed by atoms with Crippen molar-refractivity contribution in [2.75, 3.05) is 5.01 Å². The molecule has 42 heavy (non-hydrogen) atoms. The Bertz CT molecular complexity index is 1880. The summed E-state index contributed by atoms with van der Waals surface area (Å²) < 4.78 is 1.98. The Hall–Kier alpha value is -4.44. The SMILES string of the molecule is Cc1c(C2CC(c3ccc(Cl)cc3)=NN2c2nc(-c3cccs3)c(N=Nc3ccccc3)s2)cnn1-c1ccccc1. The molecule has 10 heteroatoms. The molecule has 0 fully saturated rings. The largest absolute Gasteiger partial charge is 0.238 e. The number of thiazole rings is 1. The van der Waals surface area contributed by atoms with Crippen LogP contribution in [0.3, 0.4) is 0 Å². The van der Waals surface area contributed by atoms with E-state index in [1.807, 2.05) is 100 Å². The molecule has 0 radical (unpaired) electrons. The summed E-state index contributed by atoms with van der Waals surface area (Å²) in [5, 5.41) is 25.3. The number of nitrogens with zero attached hydrogens (tertiary/aromatic N) is 7. The van der Waals surface area contributed by atoms with Crippen molar-refractivity contribution < 1.29 is 0 Å². The maximum absolute atomic E-state index is 6.20. The summed E-state index contributed by atoms with van der Waals surface area (Å²) >= 11 is 9.32. The third kappa shape index (κ3) is 5.18. The van der Waals surface area contributed by atoms with Crippen LogP contribution >= 0.6 is 34.3 Å². The fourth-order valence-corrected chi connectivity index (χ4v) is 6.77. The first-order valence-electron chi connectivity index (χ1n) is 13.4. The minimum absolute atomic E-state index is 0.102. The second-order valence-electron chi connectivity index (χ2n) is 9.71. The summed E-state index contributed by atoms with van der Waals surface area (Å²) in [6.45, 7) is 2.10. The first-order valence-corrected chi connectivity index (χ1v) is 15.5. The quantitative estimate of drug-likeness (QED) is 0.170. The Morgan fingerprint density at radius 1 is 0.881 bits per heavy atom. The molecule has 3 aromatic carbocycles. The third-order valence-electron chi connectivity index (χ3n) is 7.06. The lowest BCUT2D eigenvalue weighted by Gasteiger charge is -2.20. The van der Waals surface area contributed by atoms with Gasteiger partial charge in [0.15, 0.2) is 5.00 Å². The molecule has 0 spiro atoms. The van der Waals surface area contributed by atoms with Crippen molar-refractivity contribution in [1.29, 1.82) is 0 Å². The van der Waals surface area contributed by atoms with E-state index >= 15 is 0 Å². The van der Waals surface area contributed by atoms with Crippen molar-refractivity contribution in [3.8, 4) is 16.3 Å². The molecule has 206 valence electrons. The highest BCUT2D eigenvalue weighted by Crippen LogP contribution is 2.46. The molecule has 0 saturated carbocycles. The number of rotatable bonds is 7. The molecule has 7 nitrogen and oxygen atoms in total. The summed E-state index contributed by atoms with van der Waals surface area (Å²) in [5.74, 6) is 0. The van der Waals surface area contributed by atoms with E-state index in [4.69, 9.17) is 26.8 Å². The Kier molecular flexibility index (Phi) is 7.21. The number of aromatic nitrogens is 3. The first kappa shape index (κ1) is 26.5. The van der Waals surface area contributed by atoms with Crippen LogP contribution in [0, 0.1) is 6.92 Å². The van der Waals surface area contributed by atoms with Crippen LogP contribution in [0.1, 0.15) is 29.3 Å². The van der Waals surface area contributed by atoms with E-state index < -0.39 is 0 Å². The minimum atomic E-state index is -0.102. The van der Waals surface area contributed by atoms with Gasteiger partial charge in [-0.3, -0.25) is 0 Å². The van der Waals surface area contributed by atoms with Gasteiger partial charge in [0.2, 0.25) is 5.13 Å². The average molecular weight is 606 g/mol. The molecular formula is C32H24ClN7S2. The zero-order valence-corrected chi connectivity index (χ0v) is 24.9. The standard InChI is InChI=1S/C32H24ClN7S2/c1-21-26(20-34-39(21)25-11-6-3-7-12-25)28-19-27(22-14-16-23(33)17-15-22)38-40(28)32-35-30(29-13-8-18-41-29)31(42-32)37-36-24-9-4-2-5-10-24/h2-18,20,28H,19H2,1H3. The van der Waals surface area contributed by atoms with Gasteiger partial charge < -0.3 is 0 Å². The number of anilines is 1. The molecular weight excluding hydrogens is 582 g/mol. The number of thiophene rings is 1. The zero-order chi connectivity index (χ0) is 28.5. The van der Waals surface area contributed by atoms with E-state index in [0.717, 1.165) is 54.6 Å². The molecule has 1 atom stereocenters. The van der Waals surface area contributed by atoms with Crippen LogP contribution in [0.5, 0.6) is 0 Å². The van der Waals surface area contributed by atoms with Gasteiger partial charge in [-0.2, -0.15) is 10.2 Å². The van der Waals surface area contributed by atoms with Crippen molar-refractivity contribution in [3.63, 3.8) is 0 Å². The van der Waals surface area contributed by atoms with Gasteiger partial charge in [-0.15, -0.1) is 21.6 Å². The second-order valence-corrected chi connectivity index (χ2v) is 12.1. The topological polar surface area (TPSA) is 71.0 Å². The highest BCUT2D eigenvalue weighted by atomic mass is 35.5. The predicted molar refractivity (Wildman–Crippen MR) is 172 cm³/mol. The fourth-order valence-electron chi connectivity index (χ4n) is 4.96. The number of azo groups is 1. The Morgan fingerprint density at radius 2 is 1.64 bits per heavy atom. The van der Waals surface area contributed by atoms with Gasteiger partial charge in [-0.25, -0.2) is 14.7 Å². The van der Waals surface area contributed by atoms with Crippen LogP contribution in [0.2, 0.25) is 5.02 Å². The Morgan fingerprint density at radius 3 is 2.38 bits per heavy atom. The molecule has 0 aliphatic carbocycles. The van der Waals surface area contributed by atoms with E-state index in [9.17, 15) is 0 Å². The third-order valence-corrected chi connectivity index (χ3v) is 9.11. The summed E-state index contributed by atoms with van der Waals surface area (Å²) in [6.07, 6.45) is 2.64. The molecule has 3 aromatic heterocycles. The van der Waals surface area contributed by atoms with Gasteiger partial charge in [0.25, 0.3) is 0 Å². The van der Waals surface area contributed by atoms with E-state index in [1.54, 1.807) is 11.3 Å². The summed E-state index contributed by atoms with van der Waals surface area (Å²) in [5.41, 5.74) is 6.74. The highest BCUT2D eigenvalue weighted by Gasteiger charge is 2.35. The van der Waals surface area contributed by atoms with Gasteiger partial charge in [0.1, 0.15) is 5.69 Å². The second kappa shape index (κ2) is 11.4. The smallest absolute Gasteiger partial charge is 0.209 e. The van der Waals surface area contributed by atoms with Crippen molar-refractivity contribution in [3.05, 3.63) is 130 Å². The van der Waals surface area contributed by atoms with Crippen LogP contribution in [-0.4, -0.2) is 20.5 Å². The normalized spacial score (nSPS) is 15.0. The molecule has 0 saturated heterocycles. The molecule has 6 aromatic rings. The van der Waals surface area contributed by atoms with Crippen LogP contribution in [0.15, 0.2) is 124 Å². The number of hydrogen-bond donors (Lipinski definition) is 0. The van der Waals surface area contributed by atoms with E-state index in [0.29, 0.717) is 11.4 Å². The fraction of sp³-hybridized carbons (Fsp3) is 0.0938. The minimum Gasteiger partial charge on any atom is -0.238 e. The monoisotopic (exact) mass is 605 g/mol. The molecule has 0 amide bonds. The lowest BCUT2D eigenvalue weighted by molar-refractivity contribution is 0.699. The zero-order valence-electron chi connectivity index (χ0n) is 22.5. The van der Waals surface area contributed by atoms with Gasteiger partial charge >= 0.3 is 0 Å². The van der Waals surface area contributed by atoms with Crippen molar-refractivity contribution in [1.82, 2.24) is 14.8 Å². The maximum Gasteiger partial charge on any atom is 0.209 e. The van der Waals surface area contributed by atoms with Gasteiger partial charge in [-0.1, -0.05) is 77.5 Å². The van der Waals surface area contributed by atoms with Gasteiger partial charge in [0.05, 0.1) is 34.2 Å². The number of halogens is 1. The molecule has 0 bridgehead atoms. The van der Waals surface area contributed by atoms with Crippen molar-refractivity contribution >= 4 is 55.8 Å². The Balaban J connectivity index is 1.32. The van der Waals surface area contributed by atoms with Crippen LogP contribution < -0.4 is 5.01 Å². The van der Waals surface area contributed by atoms with Crippen molar-refractivity contribution in [2.45, 2.75) is 19.4 Å². The molecule has 1 aliphatic rings. The molecule has 1 unspecified atom stereocenters. The summed E-state index contributed by atoms with van der Waals surface area (Å²) in [6, 6.07) is 31.7. The highest BCUT2D eigenvalue weighted by molar-refractivity contribution is 7.20. The lowest BCUT2D eigenvalue weighted by Crippen LogP contribution is -2.19. The van der Waals surface area contributed by atoms with Crippen molar-refractivity contribution in [2.24, 2.45) is 15.3 Å². The number of para-hydroxylation sites is 1. The van der Waals surface area contributed by atoms with E-state index in [2.05, 4.69) is 35.4 Å². The predicted octanol–water partition coefficient (Wildman–Crippen LogP) is 9.79. The van der Waals surface area contributed by atoms with Gasteiger partial charge in [0, 0.05) is 22.7 Å². The van der Waals surface area contributed by atoms with Gasteiger partial charge in [-0.05, 0) is 60.3 Å². The van der Waals surface area contributed by atoms with Crippen LogP contribution in [-0.2, 0) is 0 Å². The first-order chi connectivity index (χ1) is 20.6. The molecule has 7 rings (SSSR count). The Labute approximate surface area is 256 Å². The summed E-state index contributed by atoms with van der Waals surface area (Å²) in [7, 11) is 0. The lowest BCUT2D eigenvalue weighted by atomic mass is 9.99. The van der Waals surface area contributed by atoms with E-state index in [-0.39, 0.29) is 6.04 Å². The molecule has 1 aliphatic heterocycles. The number of hydrogen-bond acceptors (Lipinski definition) is 8. The molecule has 0 N–H and O–H groups in total. The average Bonchev–Trinajstić information content (AvgIpc) is 3.84. The number of benzene rings is 3. The van der Waals surface area contributed by atoms with Crippen LogP contribution in [0.4, 0.5) is 15.8 Å². The van der Waals surface area contributed by atoms with E-state index in [1.165, 1.54) is 11.3 Å². The maximum atomic E-state index is 6.20.